The highest BCUT2D eigenvalue weighted by Crippen LogP contribution is 2.37. The number of hydrogen-bond donors (Lipinski definition) is 2. The highest BCUT2D eigenvalue weighted by molar-refractivity contribution is 7.21. The van der Waals surface area contributed by atoms with E-state index in [0.29, 0.717) is 17.3 Å². The molecule has 2 aromatic carbocycles. The topological polar surface area (TPSA) is 58.0 Å². The lowest BCUT2D eigenvalue weighted by Crippen LogP contribution is -1.97. The van der Waals surface area contributed by atoms with Crippen molar-refractivity contribution >= 4 is 33.1 Å². The summed E-state index contributed by atoms with van der Waals surface area (Å²) in [6.07, 6.45) is 0. The van der Waals surface area contributed by atoms with Crippen molar-refractivity contribution in [1.29, 1.82) is 0 Å². The van der Waals surface area contributed by atoms with Crippen molar-refractivity contribution in [3.63, 3.8) is 0 Å². The van der Waals surface area contributed by atoms with Crippen LogP contribution >= 0.6 is 11.3 Å². The van der Waals surface area contributed by atoms with Gasteiger partial charge in [0, 0.05) is 4.88 Å². The minimum absolute atomic E-state index is 0.195. The molecule has 0 unspecified atom stereocenters. The van der Waals surface area contributed by atoms with Gasteiger partial charge in [-0.3, -0.25) is 0 Å². The average molecular weight is 333 g/mol. The molecule has 4 nitrogen and oxygen atoms in total. The van der Waals surface area contributed by atoms with Crippen LogP contribution in [0.2, 0.25) is 0 Å². The zero-order chi connectivity index (χ0) is 16.5. The van der Waals surface area contributed by atoms with Crippen LogP contribution in [0.25, 0.3) is 20.7 Å². The highest BCUT2D eigenvalue weighted by atomic mass is 32.1. The maximum Gasteiger partial charge on any atom is 0.143 e. The van der Waals surface area contributed by atoms with E-state index in [9.17, 15) is 5.11 Å². The molecule has 118 valence electrons. The highest BCUT2D eigenvalue weighted by Gasteiger charge is 2.12. The number of hydrogen-bond acceptors (Lipinski definition) is 5. The number of thiophene rings is 1. The molecule has 0 saturated carbocycles. The van der Waals surface area contributed by atoms with Crippen molar-refractivity contribution in [3.05, 3.63) is 66.5 Å². The van der Waals surface area contributed by atoms with Crippen LogP contribution in [0, 0.1) is 6.92 Å². The molecule has 0 aliphatic carbocycles. The van der Waals surface area contributed by atoms with Gasteiger partial charge in [0.15, 0.2) is 0 Å². The number of nitrogens with zero attached hydrogens (tertiary/aromatic N) is 2. The second kappa shape index (κ2) is 5.94. The number of para-hydroxylation sites is 2. The summed E-state index contributed by atoms with van der Waals surface area (Å²) < 4.78 is 0. The normalized spacial score (nSPS) is 10.9. The van der Waals surface area contributed by atoms with Gasteiger partial charge in [-0.15, -0.1) is 11.3 Å². The van der Waals surface area contributed by atoms with E-state index in [4.69, 9.17) is 0 Å². The number of aryl methyl sites for hydroxylation is 1. The summed E-state index contributed by atoms with van der Waals surface area (Å²) in [5, 5.41) is 14.2. The Bertz CT molecular complexity index is 1010. The maximum absolute atomic E-state index is 9.99. The van der Waals surface area contributed by atoms with Gasteiger partial charge >= 0.3 is 0 Å². The van der Waals surface area contributed by atoms with E-state index in [1.54, 1.807) is 23.5 Å². The van der Waals surface area contributed by atoms with E-state index in [0.717, 1.165) is 20.7 Å². The molecule has 4 rings (SSSR count). The Kier molecular flexibility index (Phi) is 3.63. The summed E-state index contributed by atoms with van der Waals surface area (Å²) in [7, 11) is 0. The third kappa shape index (κ3) is 2.70. The van der Waals surface area contributed by atoms with Crippen molar-refractivity contribution in [3.8, 4) is 16.2 Å². The molecule has 0 fully saturated rings. The lowest BCUT2D eigenvalue weighted by Gasteiger charge is -2.08. The Hall–Kier alpha value is -2.92. The Morgan fingerprint density at radius 1 is 0.958 bits per heavy atom. The fourth-order valence-electron chi connectivity index (χ4n) is 2.57. The van der Waals surface area contributed by atoms with Gasteiger partial charge in [-0.25, -0.2) is 9.97 Å². The van der Waals surface area contributed by atoms with Crippen LogP contribution in [-0.2, 0) is 0 Å². The molecule has 0 atom stereocenters. The number of aromatic hydroxyl groups is 1. The number of anilines is 2. The SMILES string of the molecule is Cc1nc(Nc2ccccc2O)c2cc(-c3ccccc3)sc2n1. The predicted octanol–water partition coefficient (Wildman–Crippen LogP) is 5.12. The van der Waals surface area contributed by atoms with E-state index in [1.165, 1.54) is 0 Å². The molecule has 2 N–H and O–H groups in total. The van der Waals surface area contributed by atoms with Crippen LogP contribution in [0.15, 0.2) is 60.7 Å². The summed E-state index contributed by atoms with van der Waals surface area (Å²) in [4.78, 5) is 11.1. The number of benzene rings is 2. The van der Waals surface area contributed by atoms with Crippen LogP contribution in [0.3, 0.4) is 0 Å². The molecule has 4 aromatic rings. The smallest absolute Gasteiger partial charge is 0.143 e. The third-order valence-corrected chi connectivity index (χ3v) is 4.80. The van der Waals surface area contributed by atoms with Crippen LogP contribution in [0.5, 0.6) is 5.75 Å². The molecule has 0 saturated heterocycles. The number of phenols is 1. The summed E-state index contributed by atoms with van der Waals surface area (Å²) in [5.41, 5.74) is 1.79. The second-order valence-electron chi connectivity index (χ2n) is 5.46. The molecule has 0 radical (unpaired) electrons. The summed E-state index contributed by atoms with van der Waals surface area (Å²) in [6.45, 7) is 1.87. The number of nitrogens with one attached hydrogen (secondary N) is 1. The Labute approximate surface area is 143 Å². The molecule has 0 spiro atoms. The molecule has 0 aliphatic heterocycles. The first kappa shape index (κ1) is 14.7. The van der Waals surface area contributed by atoms with Gasteiger partial charge in [0.2, 0.25) is 0 Å². The molecule has 2 aromatic heterocycles. The monoisotopic (exact) mass is 333 g/mol. The zero-order valence-electron chi connectivity index (χ0n) is 13.0. The molecule has 2 heterocycles. The fraction of sp³-hybridized carbons (Fsp3) is 0.0526. The molecule has 5 heteroatoms. The van der Waals surface area contributed by atoms with E-state index < -0.39 is 0 Å². The number of aromatic nitrogens is 2. The van der Waals surface area contributed by atoms with E-state index in [2.05, 4.69) is 33.5 Å². The van der Waals surface area contributed by atoms with Crippen molar-refractivity contribution in [1.82, 2.24) is 9.97 Å². The fourth-order valence-corrected chi connectivity index (χ4v) is 3.66. The van der Waals surface area contributed by atoms with Gasteiger partial charge in [-0.2, -0.15) is 0 Å². The molecule has 0 bridgehead atoms. The number of phenolic OH excluding ortho intramolecular Hbond substituents is 1. The minimum Gasteiger partial charge on any atom is -0.506 e. The lowest BCUT2D eigenvalue weighted by atomic mass is 10.2. The van der Waals surface area contributed by atoms with Crippen LogP contribution in [0.1, 0.15) is 5.82 Å². The Morgan fingerprint density at radius 3 is 2.50 bits per heavy atom. The van der Waals surface area contributed by atoms with Crippen molar-refractivity contribution in [2.75, 3.05) is 5.32 Å². The Morgan fingerprint density at radius 2 is 1.71 bits per heavy atom. The van der Waals surface area contributed by atoms with Crippen LogP contribution < -0.4 is 5.32 Å². The first-order chi connectivity index (χ1) is 11.7. The predicted molar refractivity (Wildman–Crippen MR) is 99.0 cm³/mol. The summed E-state index contributed by atoms with van der Waals surface area (Å²) in [5.74, 6) is 1.60. The van der Waals surface area contributed by atoms with Gasteiger partial charge in [-0.05, 0) is 30.7 Å². The van der Waals surface area contributed by atoms with Gasteiger partial charge in [-0.1, -0.05) is 42.5 Å². The summed E-state index contributed by atoms with van der Waals surface area (Å²) >= 11 is 1.64. The van der Waals surface area contributed by atoms with Gasteiger partial charge in [0.1, 0.15) is 22.2 Å². The van der Waals surface area contributed by atoms with Gasteiger partial charge in [0.05, 0.1) is 11.1 Å². The number of fused-ring (bicyclic) bond motifs is 1. The Balaban J connectivity index is 1.83. The van der Waals surface area contributed by atoms with E-state index in [-0.39, 0.29) is 5.75 Å². The standard InChI is InChI=1S/C19H15N3OS/c1-12-20-18(22-15-9-5-6-10-16(15)23)14-11-17(24-19(14)21-12)13-7-3-2-4-8-13/h2-11,23H,1H3,(H,20,21,22). The third-order valence-electron chi connectivity index (χ3n) is 3.72. The van der Waals surface area contributed by atoms with Crippen LogP contribution in [-0.4, -0.2) is 15.1 Å². The van der Waals surface area contributed by atoms with Crippen LogP contribution in [0.4, 0.5) is 11.5 Å². The van der Waals surface area contributed by atoms with E-state index >= 15 is 0 Å². The molecule has 24 heavy (non-hydrogen) atoms. The average Bonchev–Trinajstić information content (AvgIpc) is 3.02. The minimum atomic E-state index is 0.195. The first-order valence-electron chi connectivity index (χ1n) is 7.59. The zero-order valence-corrected chi connectivity index (χ0v) is 13.8. The van der Waals surface area contributed by atoms with Crippen molar-refractivity contribution in [2.24, 2.45) is 0 Å². The van der Waals surface area contributed by atoms with Crippen molar-refractivity contribution in [2.45, 2.75) is 6.92 Å². The quantitative estimate of drug-likeness (QED) is 0.511. The maximum atomic E-state index is 9.99. The van der Waals surface area contributed by atoms with Gasteiger partial charge < -0.3 is 10.4 Å². The van der Waals surface area contributed by atoms with Crippen molar-refractivity contribution < 1.29 is 5.11 Å². The second-order valence-corrected chi connectivity index (χ2v) is 6.49. The summed E-state index contributed by atoms with van der Waals surface area (Å²) in [6, 6.07) is 19.5. The lowest BCUT2D eigenvalue weighted by molar-refractivity contribution is 0.477. The molecule has 0 amide bonds. The van der Waals surface area contributed by atoms with E-state index in [1.807, 2.05) is 37.3 Å². The molecular weight excluding hydrogens is 318 g/mol. The largest absolute Gasteiger partial charge is 0.506 e. The molecule has 0 aliphatic rings. The molecular formula is C19H15N3OS. The van der Waals surface area contributed by atoms with Gasteiger partial charge in [0.25, 0.3) is 0 Å². The first-order valence-corrected chi connectivity index (χ1v) is 8.41. The number of rotatable bonds is 3.